The van der Waals surface area contributed by atoms with E-state index in [0.717, 1.165) is 18.9 Å². The lowest BCUT2D eigenvalue weighted by Crippen LogP contribution is -2.31. The molecule has 1 fully saturated rings. The van der Waals surface area contributed by atoms with Crippen molar-refractivity contribution in [1.29, 1.82) is 0 Å². The first kappa shape index (κ1) is 14.7. The fourth-order valence-corrected chi connectivity index (χ4v) is 1.70. The molecule has 1 aliphatic rings. The Morgan fingerprint density at radius 3 is 2.62 bits per heavy atom. The average Bonchev–Trinajstić information content (AvgIpc) is 3.20. The van der Waals surface area contributed by atoms with E-state index in [2.05, 4.69) is 10.6 Å². The number of benzene rings is 1. The minimum Gasteiger partial charge on any atom is -0.478 e. The lowest BCUT2D eigenvalue weighted by molar-refractivity contribution is -0.384. The maximum absolute atomic E-state index is 13.4. The van der Waals surface area contributed by atoms with E-state index in [0.29, 0.717) is 6.07 Å². The van der Waals surface area contributed by atoms with Gasteiger partial charge in [0, 0.05) is 6.04 Å². The number of nitrogens with zero attached hydrogens (tertiary/aromatic N) is 1. The molecule has 112 valence electrons. The van der Waals surface area contributed by atoms with Crippen LogP contribution in [0.5, 0.6) is 0 Å². The lowest BCUT2D eigenvalue weighted by atomic mass is 10.1. The number of carbonyl (C=O) groups excluding carboxylic acids is 1. The molecule has 3 N–H and O–H groups in total. The van der Waals surface area contributed by atoms with Gasteiger partial charge in [-0.1, -0.05) is 0 Å². The van der Waals surface area contributed by atoms with E-state index in [1.807, 2.05) is 0 Å². The number of amides is 1. The first-order valence-electron chi connectivity index (χ1n) is 6.13. The van der Waals surface area contributed by atoms with Crippen molar-refractivity contribution in [3.8, 4) is 0 Å². The molecule has 0 aliphatic heterocycles. The van der Waals surface area contributed by atoms with Gasteiger partial charge in [0.1, 0.15) is 11.5 Å². The van der Waals surface area contributed by atoms with Crippen LogP contribution in [0.1, 0.15) is 23.2 Å². The summed E-state index contributed by atoms with van der Waals surface area (Å²) in [4.78, 5) is 32.3. The Balaban J connectivity index is 2.18. The van der Waals surface area contributed by atoms with Crippen LogP contribution in [0, 0.1) is 15.9 Å². The molecular weight excluding hydrogens is 285 g/mol. The molecule has 1 aliphatic carbocycles. The molecular formula is C12H12FN3O5. The molecule has 1 aromatic rings. The summed E-state index contributed by atoms with van der Waals surface area (Å²) in [6.07, 6.45) is 1.79. The number of hydrogen-bond acceptors (Lipinski definition) is 5. The molecule has 0 aromatic heterocycles. The number of carboxylic acids is 1. The van der Waals surface area contributed by atoms with Crippen LogP contribution < -0.4 is 10.6 Å². The maximum atomic E-state index is 13.4. The van der Waals surface area contributed by atoms with E-state index >= 15 is 0 Å². The summed E-state index contributed by atoms with van der Waals surface area (Å²) >= 11 is 0. The van der Waals surface area contributed by atoms with Crippen molar-refractivity contribution in [2.45, 2.75) is 18.9 Å². The summed E-state index contributed by atoms with van der Waals surface area (Å²) < 4.78 is 13.4. The number of anilines is 1. The van der Waals surface area contributed by atoms with Gasteiger partial charge >= 0.3 is 5.97 Å². The van der Waals surface area contributed by atoms with Crippen LogP contribution in [0.15, 0.2) is 12.1 Å². The molecule has 0 bridgehead atoms. The second-order valence-corrected chi connectivity index (χ2v) is 4.61. The zero-order valence-electron chi connectivity index (χ0n) is 10.8. The van der Waals surface area contributed by atoms with Crippen molar-refractivity contribution in [2.24, 2.45) is 0 Å². The normalized spacial score (nSPS) is 13.6. The Hall–Kier alpha value is -2.71. The second-order valence-electron chi connectivity index (χ2n) is 4.61. The Bertz CT molecular complexity index is 615. The summed E-state index contributed by atoms with van der Waals surface area (Å²) in [5.74, 6) is -3.12. The number of hydrogen-bond donors (Lipinski definition) is 3. The molecule has 0 saturated heterocycles. The minimum atomic E-state index is -1.55. The van der Waals surface area contributed by atoms with Crippen molar-refractivity contribution in [1.82, 2.24) is 5.32 Å². The van der Waals surface area contributed by atoms with Crippen LogP contribution in [0.25, 0.3) is 0 Å². The smallest absolute Gasteiger partial charge is 0.338 e. The number of carboxylic acid groups (broad SMARTS) is 1. The molecule has 2 rings (SSSR count). The van der Waals surface area contributed by atoms with Crippen LogP contribution in [0.2, 0.25) is 0 Å². The molecule has 21 heavy (non-hydrogen) atoms. The van der Waals surface area contributed by atoms with Gasteiger partial charge in [-0.2, -0.15) is 0 Å². The molecule has 0 spiro atoms. The molecule has 8 nitrogen and oxygen atoms in total. The van der Waals surface area contributed by atoms with Crippen LogP contribution >= 0.6 is 0 Å². The first-order valence-corrected chi connectivity index (χ1v) is 6.13. The number of rotatable bonds is 6. The van der Waals surface area contributed by atoms with Gasteiger partial charge in [0.05, 0.1) is 23.1 Å². The molecule has 1 saturated carbocycles. The Morgan fingerprint density at radius 2 is 2.10 bits per heavy atom. The number of nitrogens with one attached hydrogen (secondary N) is 2. The summed E-state index contributed by atoms with van der Waals surface area (Å²) in [6, 6.07) is 1.46. The zero-order valence-corrected chi connectivity index (χ0v) is 10.8. The van der Waals surface area contributed by atoms with Gasteiger partial charge < -0.3 is 15.7 Å². The van der Waals surface area contributed by atoms with E-state index < -0.39 is 28.0 Å². The fourth-order valence-electron chi connectivity index (χ4n) is 1.70. The third-order valence-corrected chi connectivity index (χ3v) is 2.89. The summed E-state index contributed by atoms with van der Waals surface area (Å²) in [6.45, 7) is -0.262. The van der Waals surface area contributed by atoms with Crippen LogP contribution in [-0.4, -0.2) is 34.5 Å². The van der Waals surface area contributed by atoms with Gasteiger partial charge in [-0.15, -0.1) is 0 Å². The number of halogens is 1. The molecule has 0 heterocycles. The number of nitro benzene ring substituents is 1. The molecule has 1 aromatic carbocycles. The highest BCUT2D eigenvalue weighted by Gasteiger charge is 2.24. The van der Waals surface area contributed by atoms with E-state index in [1.165, 1.54) is 0 Å². The highest BCUT2D eigenvalue weighted by molar-refractivity contribution is 5.91. The molecule has 1 amide bonds. The number of aromatic carboxylic acids is 1. The Labute approximate surface area is 118 Å². The van der Waals surface area contributed by atoms with Gasteiger partial charge in [-0.05, 0) is 18.9 Å². The highest BCUT2D eigenvalue weighted by atomic mass is 19.1. The van der Waals surface area contributed by atoms with Crippen molar-refractivity contribution in [2.75, 3.05) is 11.9 Å². The Morgan fingerprint density at radius 1 is 1.43 bits per heavy atom. The molecule has 0 unspecified atom stereocenters. The molecule has 0 atom stereocenters. The summed E-state index contributed by atoms with van der Waals surface area (Å²) in [5, 5.41) is 24.8. The quantitative estimate of drug-likeness (QED) is 0.534. The highest BCUT2D eigenvalue weighted by Crippen LogP contribution is 2.27. The maximum Gasteiger partial charge on any atom is 0.338 e. The van der Waals surface area contributed by atoms with Gasteiger partial charge in [0.2, 0.25) is 5.91 Å². The van der Waals surface area contributed by atoms with Gasteiger partial charge in [0.25, 0.3) is 5.69 Å². The van der Waals surface area contributed by atoms with Crippen LogP contribution in [0.4, 0.5) is 15.8 Å². The van der Waals surface area contributed by atoms with E-state index in [1.54, 1.807) is 0 Å². The largest absolute Gasteiger partial charge is 0.478 e. The van der Waals surface area contributed by atoms with Gasteiger partial charge in [-0.25, -0.2) is 9.18 Å². The standard InChI is InChI=1S/C12H12FN3O5/c13-8-4-10(16(20)21)9(3-7(8)12(18)19)14-5-11(17)15-6-1-2-6/h3-4,6,14H,1-2,5H2,(H,15,17)(H,18,19). The van der Waals surface area contributed by atoms with Gasteiger partial charge in [-0.3, -0.25) is 14.9 Å². The predicted molar refractivity (Wildman–Crippen MR) is 69.7 cm³/mol. The van der Waals surface area contributed by atoms with E-state index in [-0.39, 0.29) is 24.2 Å². The summed E-state index contributed by atoms with van der Waals surface area (Å²) in [5.41, 5.74) is -1.55. The first-order chi connectivity index (χ1) is 9.88. The fraction of sp³-hybridized carbons (Fsp3) is 0.333. The lowest BCUT2D eigenvalue weighted by Gasteiger charge is -2.09. The van der Waals surface area contributed by atoms with Crippen LogP contribution in [0.3, 0.4) is 0 Å². The van der Waals surface area contributed by atoms with E-state index in [9.17, 15) is 24.1 Å². The monoisotopic (exact) mass is 297 g/mol. The van der Waals surface area contributed by atoms with Crippen molar-refractivity contribution in [3.05, 3.63) is 33.6 Å². The van der Waals surface area contributed by atoms with E-state index in [4.69, 9.17) is 5.11 Å². The number of carbonyl (C=O) groups is 2. The minimum absolute atomic E-state index is 0.136. The zero-order chi connectivity index (χ0) is 15.6. The van der Waals surface area contributed by atoms with Crippen molar-refractivity contribution >= 4 is 23.3 Å². The van der Waals surface area contributed by atoms with Crippen molar-refractivity contribution < 1.29 is 24.0 Å². The SMILES string of the molecule is O=C(CNc1cc(C(=O)O)c(F)cc1[N+](=O)[O-])NC1CC1. The number of nitro groups is 1. The average molecular weight is 297 g/mol. The van der Waals surface area contributed by atoms with Gasteiger partial charge in [0.15, 0.2) is 0 Å². The molecule has 9 heteroatoms. The molecule has 0 radical (unpaired) electrons. The van der Waals surface area contributed by atoms with Crippen LogP contribution in [-0.2, 0) is 4.79 Å². The second kappa shape index (κ2) is 5.73. The third kappa shape index (κ3) is 3.65. The third-order valence-electron chi connectivity index (χ3n) is 2.89. The Kier molecular flexibility index (Phi) is 4.01. The van der Waals surface area contributed by atoms with Crippen molar-refractivity contribution in [3.63, 3.8) is 0 Å². The summed E-state index contributed by atoms with van der Waals surface area (Å²) in [7, 11) is 0. The topological polar surface area (TPSA) is 122 Å². The predicted octanol–water partition coefficient (Wildman–Crippen LogP) is 1.12.